The first-order valence-corrected chi connectivity index (χ1v) is 8.42. The Labute approximate surface area is 134 Å². The van der Waals surface area contributed by atoms with Crippen LogP contribution in [0.4, 0.5) is 0 Å². The molecule has 21 heavy (non-hydrogen) atoms. The number of nitrogens with two attached hydrogens (primary N) is 1. The van der Waals surface area contributed by atoms with Crippen LogP contribution in [-0.4, -0.2) is 43.0 Å². The van der Waals surface area contributed by atoms with Gasteiger partial charge in [-0.15, -0.1) is 0 Å². The normalized spacial score (nSPS) is 25.1. The minimum absolute atomic E-state index is 0.0886. The monoisotopic (exact) mass is 354 g/mol. The van der Waals surface area contributed by atoms with Crippen molar-refractivity contribution >= 4 is 15.9 Å². The summed E-state index contributed by atoms with van der Waals surface area (Å²) in [6.07, 6.45) is 1.85. The molecule has 2 unspecified atom stereocenters. The van der Waals surface area contributed by atoms with Crippen molar-refractivity contribution in [2.75, 3.05) is 26.3 Å². The third-order valence-electron chi connectivity index (χ3n) is 4.48. The molecule has 2 N–H and O–H groups in total. The maximum absolute atomic E-state index is 6.27. The number of benzene rings is 1. The largest absolute Gasteiger partial charge is 0.347 e. The molecule has 1 aromatic carbocycles. The van der Waals surface area contributed by atoms with Crippen molar-refractivity contribution in [2.24, 2.45) is 5.73 Å². The average Bonchev–Trinajstić information content (AvgIpc) is 2.92. The van der Waals surface area contributed by atoms with E-state index in [1.54, 1.807) is 0 Å². The number of hydrogen-bond acceptors (Lipinski definition) is 4. The third kappa shape index (κ3) is 3.32. The summed E-state index contributed by atoms with van der Waals surface area (Å²) in [5.74, 6) is -0.321. The van der Waals surface area contributed by atoms with E-state index in [9.17, 15) is 0 Å². The molecule has 116 valence electrons. The van der Waals surface area contributed by atoms with Crippen LogP contribution in [0.5, 0.6) is 0 Å². The molecule has 3 rings (SSSR count). The summed E-state index contributed by atoms with van der Waals surface area (Å²) >= 11 is 3.49. The fourth-order valence-electron chi connectivity index (χ4n) is 3.44. The lowest BCUT2D eigenvalue weighted by atomic mass is 9.95. The van der Waals surface area contributed by atoms with E-state index < -0.39 is 0 Å². The Morgan fingerprint density at radius 1 is 1.14 bits per heavy atom. The molecular formula is C16H23BrN2O2. The minimum atomic E-state index is -0.321. The first kappa shape index (κ1) is 15.4. The maximum atomic E-state index is 6.27. The van der Waals surface area contributed by atoms with Gasteiger partial charge in [-0.1, -0.05) is 28.1 Å². The van der Waals surface area contributed by atoms with Gasteiger partial charge in [0.15, 0.2) is 5.79 Å². The Kier molecular flexibility index (Phi) is 4.66. The summed E-state index contributed by atoms with van der Waals surface area (Å²) in [5.41, 5.74) is 7.54. The van der Waals surface area contributed by atoms with Crippen LogP contribution in [0.15, 0.2) is 28.7 Å². The minimum Gasteiger partial charge on any atom is -0.347 e. The molecule has 1 aromatic rings. The summed E-state index contributed by atoms with van der Waals surface area (Å²) in [5, 5.41) is 0. The van der Waals surface area contributed by atoms with Crippen molar-refractivity contribution in [1.29, 1.82) is 0 Å². The lowest BCUT2D eigenvalue weighted by molar-refractivity contribution is -0.188. The molecule has 0 amide bonds. The van der Waals surface area contributed by atoms with Crippen LogP contribution in [0, 0.1) is 0 Å². The molecule has 2 atom stereocenters. The lowest BCUT2D eigenvalue weighted by Crippen LogP contribution is -2.49. The molecule has 0 bridgehead atoms. The van der Waals surface area contributed by atoms with Gasteiger partial charge in [0.1, 0.15) is 0 Å². The Morgan fingerprint density at radius 2 is 1.71 bits per heavy atom. The topological polar surface area (TPSA) is 47.7 Å². The number of nitrogens with zero attached hydrogens (tertiary/aromatic N) is 1. The number of ether oxygens (including phenoxy) is 2. The summed E-state index contributed by atoms with van der Waals surface area (Å²) in [4.78, 5) is 2.46. The number of halogens is 1. The highest BCUT2D eigenvalue weighted by Gasteiger charge is 2.41. The van der Waals surface area contributed by atoms with Gasteiger partial charge in [0, 0.05) is 42.5 Å². The van der Waals surface area contributed by atoms with E-state index in [4.69, 9.17) is 15.2 Å². The first-order valence-electron chi connectivity index (χ1n) is 7.63. The molecule has 1 spiro atoms. The molecule has 0 radical (unpaired) electrons. The second kappa shape index (κ2) is 6.34. The zero-order valence-corrected chi connectivity index (χ0v) is 14.0. The average molecular weight is 355 g/mol. The maximum Gasteiger partial charge on any atom is 0.170 e. The van der Waals surface area contributed by atoms with Crippen molar-refractivity contribution < 1.29 is 9.47 Å². The molecule has 2 aliphatic heterocycles. The second-order valence-electron chi connectivity index (χ2n) is 6.00. The van der Waals surface area contributed by atoms with E-state index in [1.807, 2.05) is 0 Å². The zero-order chi connectivity index (χ0) is 14.9. The van der Waals surface area contributed by atoms with Crippen LogP contribution in [0.3, 0.4) is 0 Å². The molecule has 2 aliphatic rings. The van der Waals surface area contributed by atoms with Crippen molar-refractivity contribution in [3.63, 3.8) is 0 Å². The van der Waals surface area contributed by atoms with E-state index in [0.29, 0.717) is 0 Å². The third-order valence-corrected chi connectivity index (χ3v) is 5.01. The van der Waals surface area contributed by atoms with Gasteiger partial charge in [0.25, 0.3) is 0 Å². The summed E-state index contributed by atoms with van der Waals surface area (Å²) in [7, 11) is 0. The Hall–Kier alpha value is -0.460. The molecular weight excluding hydrogens is 332 g/mol. The predicted octanol–water partition coefficient (Wildman–Crippen LogP) is 2.68. The summed E-state index contributed by atoms with van der Waals surface area (Å²) in [6, 6.07) is 8.82. The molecule has 0 aliphatic carbocycles. The van der Waals surface area contributed by atoms with Crippen molar-refractivity contribution in [2.45, 2.75) is 37.6 Å². The number of rotatable bonds is 3. The van der Waals surface area contributed by atoms with Gasteiger partial charge >= 0.3 is 0 Å². The quantitative estimate of drug-likeness (QED) is 0.906. The Bertz CT molecular complexity index is 462. The Balaban J connectivity index is 1.72. The summed E-state index contributed by atoms with van der Waals surface area (Å²) < 4.78 is 12.7. The highest BCUT2D eigenvalue weighted by Crippen LogP contribution is 2.35. The van der Waals surface area contributed by atoms with Crippen LogP contribution in [0.25, 0.3) is 0 Å². The van der Waals surface area contributed by atoms with Gasteiger partial charge in [-0.2, -0.15) is 0 Å². The van der Waals surface area contributed by atoms with Crippen LogP contribution in [-0.2, 0) is 9.47 Å². The zero-order valence-electron chi connectivity index (χ0n) is 12.4. The molecule has 2 heterocycles. The lowest BCUT2D eigenvalue weighted by Gasteiger charge is -2.42. The fraction of sp³-hybridized carbons (Fsp3) is 0.625. The van der Waals surface area contributed by atoms with Crippen molar-refractivity contribution in [3.05, 3.63) is 34.3 Å². The number of piperidine rings is 1. The first-order chi connectivity index (χ1) is 10.1. The molecule has 2 saturated heterocycles. The number of hydrogen-bond donors (Lipinski definition) is 1. The van der Waals surface area contributed by atoms with Gasteiger partial charge < -0.3 is 15.2 Å². The van der Waals surface area contributed by atoms with E-state index in [1.165, 1.54) is 5.56 Å². The Morgan fingerprint density at radius 3 is 2.24 bits per heavy atom. The van der Waals surface area contributed by atoms with Gasteiger partial charge in [0.05, 0.1) is 13.2 Å². The molecule has 4 nitrogen and oxygen atoms in total. The van der Waals surface area contributed by atoms with Gasteiger partial charge in [-0.3, -0.25) is 4.90 Å². The smallest absolute Gasteiger partial charge is 0.170 e. The van der Waals surface area contributed by atoms with Gasteiger partial charge in [-0.25, -0.2) is 0 Å². The molecule has 5 heteroatoms. The van der Waals surface area contributed by atoms with Crippen LogP contribution < -0.4 is 5.73 Å². The van der Waals surface area contributed by atoms with Gasteiger partial charge in [0.2, 0.25) is 0 Å². The van der Waals surface area contributed by atoms with Crippen LogP contribution >= 0.6 is 15.9 Å². The SMILES string of the molecule is CC(N)C(c1ccc(Br)cc1)N1CCC2(CC1)OCCO2. The molecule has 0 aromatic heterocycles. The number of likely N-dealkylation sites (tertiary alicyclic amines) is 1. The van der Waals surface area contributed by atoms with E-state index in [0.717, 1.165) is 43.6 Å². The van der Waals surface area contributed by atoms with E-state index in [2.05, 4.69) is 52.0 Å². The van der Waals surface area contributed by atoms with Crippen molar-refractivity contribution in [3.8, 4) is 0 Å². The standard InChI is InChI=1S/C16H23BrN2O2/c1-12(18)15(13-2-4-14(17)5-3-13)19-8-6-16(7-9-19)20-10-11-21-16/h2-5,12,15H,6-11,18H2,1H3. The predicted molar refractivity (Wildman–Crippen MR) is 86.0 cm³/mol. The summed E-state index contributed by atoms with van der Waals surface area (Å²) in [6.45, 7) is 5.46. The van der Waals surface area contributed by atoms with Gasteiger partial charge in [-0.05, 0) is 24.6 Å². The van der Waals surface area contributed by atoms with Crippen LogP contribution in [0.1, 0.15) is 31.4 Å². The highest BCUT2D eigenvalue weighted by molar-refractivity contribution is 9.10. The molecule has 0 saturated carbocycles. The van der Waals surface area contributed by atoms with Crippen molar-refractivity contribution in [1.82, 2.24) is 4.90 Å². The van der Waals surface area contributed by atoms with E-state index in [-0.39, 0.29) is 17.9 Å². The highest BCUT2D eigenvalue weighted by atomic mass is 79.9. The fourth-order valence-corrected chi connectivity index (χ4v) is 3.70. The van der Waals surface area contributed by atoms with E-state index >= 15 is 0 Å². The van der Waals surface area contributed by atoms with Crippen LogP contribution in [0.2, 0.25) is 0 Å². The second-order valence-corrected chi connectivity index (χ2v) is 6.91. The molecule has 2 fully saturated rings.